The third-order valence-corrected chi connectivity index (χ3v) is 4.91. The van der Waals surface area contributed by atoms with Crippen molar-refractivity contribution in [2.75, 3.05) is 6.54 Å². The van der Waals surface area contributed by atoms with E-state index in [0.29, 0.717) is 11.7 Å². The number of pyridine rings is 1. The Morgan fingerprint density at radius 1 is 1.21 bits per heavy atom. The van der Waals surface area contributed by atoms with E-state index in [0.717, 1.165) is 43.1 Å². The molecule has 1 aromatic carbocycles. The van der Waals surface area contributed by atoms with Crippen molar-refractivity contribution < 1.29 is 4.79 Å². The molecule has 1 N–H and O–H groups in total. The Balaban J connectivity index is 1.48. The summed E-state index contributed by atoms with van der Waals surface area (Å²) >= 11 is 0. The number of rotatable bonds is 4. The molecule has 2 aromatic heterocycles. The van der Waals surface area contributed by atoms with E-state index >= 15 is 0 Å². The quantitative estimate of drug-likeness (QED) is 0.795. The molecule has 0 spiro atoms. The predicted molar refractivity (Wildman–Crippen MR) is 94.9 cm³/mol. The number of aryl methyl sites for hydroxylation is 1. The highest BCUT2D eigenvalue weighted by molar-refractivity contribution is 5.98. The summed E-state index contributed by atoms with van der Waals surface area (Å²) in [5.74, 6) is 0.128. The molecule has 24 heavy (non-hydrogen) atoms. The van der Waals surface area contributed by atoms with Crippen LogP contribution in [-0.2, 0) is 6.42 Å². The minimum Gasteiger partial charge on any atom is -0.351 e. The summed E-state index contributed by atoms with van der Waals surface area (Å²) in [6.07, 6.45) is 7.85. The van der Waals surface area contributed by atoms with Crippen molar-refractivity contribution in [2.45, 2.75) is 31.7 Å². The van der Waals surface area contributed by atoms with E-state index in [2.05, 4.69) is 22.1 Å². The number of hydrogen-bond donors (Lipinski definition) is 1. The lowest BCUT2D eigenvalue weighted by atomic mass is 10.0. The second kappa shape index (κ2) is 6.48. The zero-order chi connectivity index (χ0) is 16.4. The number of benzene rings is 1. The SMILES string of the molecule is O=C(c1cc2ccccc2[nH]1)N1CCC[C@H]1CCc1ccncc1. The van der Waals surface area contributed by atoms with Crippen molar-refractivity contribution in [2.24, 2.45) is 0 Å². The molecule has 4 nitrogen and oxygen atoms in total. The number of carbonyl (C=O) groups excluding carboxylic acids is 1. The van der Waals surface area contributed by atoms with E-state index in [-0.39, 0.29) is 5.91 Å². The van der Waals surface area contributed by atoms with Gasteiger partial charge in [0.1, 0.15) is 5.69 Å². The summed E-state index contributed by atoms with van der Waals surface area (Å²) in [5.41, 5.74) is 3.01. The Hall–Kier alpha value is -2.62. The fourth-order valence-electron chi connectivity index (χ4n) is 3.63. The molecule has 0 bridgehead atoms. The standard InChI is InChI=1S/C20H21N3O/c24-20(19-14-16-4-1-2-6-18(16)22-19)23-13-3-5-17(23)8-7-15-9-11-21-12-10-15/h1-2,4,6,9-12,14,17,22H,3,5,7-8,13H2/t17-/m0/s1. The van der Waals surface area contributed by atoms with Crippen LogP contribution in [0.1, 0.15) is 35.3 Å². The maximum absolute atomic E-state index is 12.9. The van der Waals surface area contributed by atoms with Gasteiger partial charge in [-0.3, -0.25) is 9.78 Å². The first-order chi connectivity index (χ1) is 11.8. The van der Waals surface area contributed by atoms with Crippen molar-refractivity contribution >= 4 is 16.8 Å². The van der Waals surface area contributed by atoms with Crippen molar-refractivity contribution in [1.82, 2.24) is 14.9 Å². The third-order valence-electron chi connectivity index (χ3n) is 4.91. The Morgan fingerprint density at radius 3 is 2.88 bits per heavy atom. The molecule has 3 aromatic rings. The Bertz CT molecular complexity index is 807. The van der Waals surface area contributed by atoms with Gasteiger partial charge in [0.05, 0.1) is 0 Å². The monoisotopic (exact) mass is 319 g/mol. The van der Waals surface area contributed by atoms with Crippen LogP contribution in [0, 0.1) is 0 Å². The zero-order valence-electron chi connectivity index (χ0n) is 13.6. The van der Waals surface area contributed by atoms with Gasteiger partial charge in [-0.1, -0.05) is 18.2 Å². The van der Waals surface area contributed by atoms with Crippen LogP contribution in [0.3, 0.4) is 0 Å². The normalized spacial score (nSPS) is 17.5. The van der Waals surface area contributed by atoms with Gasteiger partial charge >= 0.3 is 0 Å². The average molecular weight is 319 g/mol. The number of fused-ring (bicyclic) bond motifs is 1. The van der Waals surface area contributed by atoms with Crippen LogP contribution in [0.15, 0.2) is 54.9 Å². The highest BCUT2D eigenvalue weighted by Gasteiger charge is 2.29. The number of aromatic amines is 1. The molecule has 0 unspecified atom stereocenters. The van der Waals surface area contributed by atoms with Gasteiger partial charge < -0.3 is 9.88 Å². The van der Waals surface area contributed by atoms with Crippen molar-refractivity contribution in [3.63, 3.8) is 0 Å². The minimum absolute atomic E-state index is 0.128. The first kappa shape index (κ1) is 14.9. The molecule has 1 atom stereocenters. The highest BCUT2D eigenvalue weighted by Crippen LogP contribution is 2.25. The summed E-state index contributed by atoms with van der Waals surface area (Å²) in [6.45, 7) is 0.856. The van der Waals surface area contributed by atoms with Crippen LogP contribution in [-0.4, -0.2) is 33.4 Å². The van der Waals surface area contributed by atoms with Crippen LogP contribution >= 0.6 is 0 Å². The van der Waals surface area contributed by atoms with E-state index in [9.17, 15) is 4.79 Å². The first-order valence-corrected chi connectivity index (χ1v) is 8.59. The molecule has 0 radical (unpaired) electrons. The molecule has 1 saturated heterocycles. The van der Waals surface area contributed by atoms with Crippen LogP contribution in [0.25, 0.3) is 10.9 Å². The fraction of sp³-hybridized carbons (Fsp3) is 0.300. The van der Waals surface area contributed by atoms with Gasteiger partial charge in [0.15, 0.2) is 0 Å². The Labute approximate surface area is 141 Å². The molecule has 1 fully saturated rings. The lowest BCUT2D eigenvalue weighted by molar-refractivity contribution is 0.0725. The summed E-state index contributed by atoms with van der Waals surface area (Å²) in [5, 5.41) is 1.09. The summed E-state index contributed by atoms with van der Waals surface area (Å²) in [7, 11) is 0. The number of para-hydroxylation sites is 1. The lowest BCUT2D eigenvalue weighted by Crippen LogP contribution is -2.36. The number of aromatic nitrogens is 2. The number of hydrogen-bond acceptors (Lipinski definition) is 2. The van der Waals surface area contributed by atoms with Crippen molar-refractivity contribution in [3.8, 4) is 0 Å². The molecule has 122 valence electrons. The van der Waals surface area contributed by atoms with E-state index in [1.807, 2.05) is 47.6 Å². The largest absolute Gasteiger partial charge is 0.351 e. The van der Waals surface area contributed by atoms with Crippen LogP contribution in [0.2, 0.25) is 0 Å². The van der Waals surface area contributed by atoms with Crippen LogP contribution < -0.4 is 0 Å². The highest BCUT2D eigenvalue weighted by atomic mass is 16.2. The average Bonchev–Trinajstić information content (AvgIpc) is 3.27. The van der Waals surface area contributed by atoms with Gasteiger partial charge in [-0.25, -0.2) is 0 Å². The lowest BCUT2D eigenvalue weighted by Gasteiger charge is -2.24. The number of amides is 1. The molecule has 4 rings (SSSR count). The van der Waals surface area contributed by atoms with Gasteiger partial charge in [-0.2, -0.15) is 0 Å². The van der Waals surface area contributed by atoms with Crippen LogP contribution in [0.5, 0.6) is 0 Å². The second-order valence-electron chi connectivity index (χ2n) is 6.46. The number of carbonyl (C=O) groups is 1. The molecule has 0 saturated carbocycles. The van der Waals surface area contributed by atoms with Crippen molar-refractivity contribution in [3.05, 3.63) is 66.1 Å². The van der Waals surface area contributed by atoms with Gasteiger partial charge in [-0.15, -0.1) is 0 Å². The van der Waals surface area contributed by atoms with Crippen molar-refractivity contribution in [1.29, 1.82) is 0 Å². The molecule has 0 aliphatic carbocycles. The fourth-order valence-corrected chi connectivity index (χ4v) is 3.63. The molecule has 1 aliphatic heterocycles. The molecular formula is C20H21N3O. The van der Waals surface area contributed by atoms with Gasteiger partial charge in [-0.05, 0) is 55.5 Å². The van der Waals surface area contributed by atoms with E-state index in [1.165, 1.54) is 5.56 Å². The summed E-state index contributed by atoms with van der Waals surface area (Å²) in [4.78, 5) is 22.3. The van der Waals surface area contributed by atoms with E-state index < -0.39 is 0 Å². The Morgan fingerprint density at radius 2 is 2.04 bits per heavy atom. The number of nitrogens with zero attached hydrogens (tertiary/aromatic N) is 2. The second-order valence-corrected chi connectivity index (χ2v) is 6.46. The van der Waals surface area contributed by atoms with Gasteiger partial charge in [0.2, 0.25) is 0 Å². The van der Waals surface area contributed by atoms with Gasteiger partial charge in [0, 0.05) is 35.9 Å². The molecule has 4 heteroatoms. The van der Waals surface area contributed by atoms with Crippen LogP contribution in [0.4, 0.5) is 0 Å². The minimum atomic E-state index is 0.128. The summed E-state index contributed by atoms with van der Waals surface area (Å²) < 4.78 is 0. The smallest absolute Gasteiger partial charge is 0.270 e. The topological polar surface area (TPSA) is 49.0 Å². The third kappa shape index (κ3) is 2.92. The zero-order valence-corrected chi connectivity index (χ0v) is 13.6. The maximum Gasteiger partial charge on any atom is 0.270 e. The van der Waals surface area contributed by atoms with Gasteiger partial charge in [0.25, 0.3) is 5.91 Å². The molecule has 1 aliphatic rings. The number of likely N-dealkylation sites (tertiary alicyclic amines) is 1. The van der Waals surface area contributed by atoms with E-state index in [4.69, 9.17) is 0 Å². The maximum atomic E-state index is 12.9. The first-order valence-electron chi connectivity index (χ1n) is 8.59. The number of nitrogens with one attached hydrogen (secondary N) is 1. The predicted octanol–water partition coefficient (Wildman–Crippen LogP) is 3.80. The Kier molecular flexibility index (Phi) is 4.03. The summed E-state index contributed by atoms with van der Waals surface area (Å²) in [6, 6.07) is 14.4. The molecule has 1 amide bonds. The molecular weight excluding hydrogens is 298 g/mol. The number of H-pyrrole nitrogens is 1. The molecule has 3 heterocycles. The van der Waals surface area contributed by atoms with E-state index in [1.54, 1.807) is 0 Å².